The highest BCUT2D eigenvalue weighted by molar-refractivity contribution is 7.89. The Bertz CT molecular complexity index is 854. The molecule has 0 unspecified atom stereocenters. The summed E-state index contributed by atoms with van der Waals surface area (Å²) >= 11 is 0. The van der Waals surface area contributed by atoms with Crippen LogP contribution in [-0.2, 0) is 16.6 Å². The lowest BCUT2D eigenvalue weighted by atomic mass is 9.84. The van der Waals surface area contributed by atoms with Crippen LogP contribution in [0.3, 0.4) is 0 Å². The van der Waals surface area contributed by atoms with E-state index in [1.165, 1.54) is 22.9 Å². The molecular weight excluding hydrogens is 304 g/mol. The van der Waals surface area contributed by atoms with Gasteiger partial charge >= 0.3 is 0 Å². The van der Waals surface area contributed by atoms with Crippen molar-refractivity contribution in [3.05, 3.63) is 52.8 Å². The van der Waals surface area contributed by atoms with Crippen LogP contribution in [0.25, 0.3) is 0 Å². The Morgan fingerprint density at radius 3 is 2.77 bits per heavy atom. The zero-order valence-corrected chi connectivity index (χ0v) is 12.7. The van der Waals surface area contributed by atoms with Crippen molar-refractivity contribution in [2.45, 2.75) is 23.8 Å². The lowest BCUT2D eigenvalue weighted by Crippen LogP contribution is -2.48. The molecule has 0 saturated carbocycles. The molecule has 2 aromatic heterocycles. The van der Waals surface area contributed by atoms with Crippen LogP contribution in [-0.4, -0.2) is 30.4 Å². The molecule has 0 N–H and O–H groups in total. The third kappa shape index (κ3) is 2.04. The molecule has 1 fully saturated rings. The number of aromatic nitrogens is 1. The number of hydrogen-bond donors (Lipinski definition) is 0. The molecule has 0 aliphatic carbocycles. The normalized spacial score (nSPS) is 24.9. The van der Waals surface area contributed by atoms with Crippen LogP contribution in [0.15, 0.2) is 50.9 Å². The number of pyridine rings is 1. The number of nitrogens with zero attached hydrogens (tertiary/aromatic N) is 2. The van der Waals surface area contributed by atoms with Gasteiger partial charge in [-0.3, -0.25) is 4.79 Å². The third-order valence-corrected chi connectivity index (χ3v) is 6.39. The Morgan fingerprint density at radius 1 is 1.14 bits per heavy atom. The van der Waals surface area contributed by atoms with Gasteiger partial charge in [0.25, 0.3) is 5.56 Å². The van der Waals surface area contributed by atoms with Crippen molar-refractivity contribution >= 4 is 10.0 Å². The molecule has 0 spiro atoms. The molecule has 2 aromatic rings. The van der Waals surface area contributed by atoms with E-state index in [4.69, 9.17) is 4.42 Å². The van der Waals surface area contributed by atoms with Crippen LogP contribution < -0.4 is 5.56 Å². The molecule has 22 heavy (non-hydrogen) atoms. The van der Waals surface area contributed by atoms with Gasteiger partial charge in [-0.05, 0) is 24.5 Å². The first kappa shape index (κ1) is 13.8. The second kappa shape index (κ2) is 4.82. The van der Waals surface area contributed by atoms with E-state index in [0.717, 1.165) is 12.1 Å². The SMILES string of the molecule is O=c1cccc2n1C[C@H]1C[C@@H]2CN(S(=O)(=O)c2ccoc2)C1. The summed E-state index contributed by atoms with van der Waals surface area (Å²) in [5.74, 6) is 0.246. The summed E-state index contributed by atoms with van der Waals surface area (Å²) in [6, 6.07) is 6.71. The monoisotopic (exact) mass is 320 g/mol. The molecule has 4 heterocycles. The molecule has 2 aliphatic rings. The Morgan fingerprint density at radius 2 is 2.00 bits per heavy atom. The molecular formula is C15H16N2O4S. The van der Waals surface area contributed by atoms with Crippen LogP contribution in [0, 0.1) is 5.92 Å². The molecule has 116 valence electrons. The summed E-state index contributed by atoms with van der Waals surface area (Å²) < 4.78 is 33.5. The maximum absolute atomic E-state index is 12.7. The maximum Gasteiger partial charge on any atom is 0.250 e. The highest BCUT2D eigenvalue weighted by Gasteiger charge is 2.39. The fraction of sp³-hybridized carbons (Fsp3) is 0.400. The van der Waals surface area contributed by atoms with E-state index in [2.05, 4.69) is 0 Å². The topological polar surface area (TPSA) is 72.5 Å². The molecule has 7 heteroatoms. The molecule has 2 atom stereocenters. The van der Waals surface area contributed by atoms with Gasteiger partial charge in [0, 0.05) is 37.3 Å². The lowest BCUT2D eigenvalue weighted by Gasteiger charge is -2.41. The van der Waals surface area contributed by atoms with E-state index in [9.17, 15) is 13.2 Å². The minimum Gasteiger partial charge on any atom is -0.471 e. The quantitative estimate of drug-likeness (QED) is 0.835. The van der Waals surface area contributed by atoms with Gasteiger partial charge in [-0.15, -0.1) is 0 Å². The molecule has 4 rings (SSSR count). The largest absolute Gasteiger partial charge is 0.471 e. The van der Waals surface area contributed by atoms with E-state index in [-0.39, 0.29) is 22.3 Å². The maximum atomic E-state index is 12.7. The first-order valence-electron chi connectivity index (χ1n) is 7.28. The number of hydrogen-bond acceptors (Lipinski definition) is 4. The standard InChI is InChI=1S/C15H16N2O4S/c18-15-3-1-2-14-12-6-11(8-17(14)15)7-16(9-12)22(19,20)13-4-5-21-10-13/h1-5,10-12H,6-9H2/t11-,12+/m0/s1. The van der Waals surface area contributed by atoms with E-state index in [1.54, 1.807) is 16.7 Å². The van der Waals surface area contributed by atoms with Gasteiger partial charge in [-0.25, -0.2) is 8.42 Å². The zero-order chi connectivity index (χ0) is 15.3. The van der Waals surface area contributed by atoms with Crippen LogP contribution in [0.2, 0.25) is 0 Å². The van der Waals surface area contributed by atoms with Crippen molar-refractivity contribution in [2.24, 2.45) is 5.92 Å². The molecule has 6 nitrogen and oxygen atoms in total. The van der Waals surface area contributed by atoms with E-state index >= 15 is 0 Å². The minimum absolute atomic E-state index is 0.00154. The first-order valence-corrected chi connectivity index (χ1v) is 8.72. The second-order valence-electron chi connectivity index (χ2n) is 5.98. The van der Waals surface area contributed by atoms with Crippen LogP contribution in [0.1, 0.15) is 18.0 Å². The van der Waals surface area contributed by atoms with Crippen molar-refractivity contribution in [1.29, 1.82) is 0 Å². The van der Waals surface area contributed by atoms with Gasteiger partial charge in [0.05, 0.1) is 6.26 Å². The van der Waals surface area contributed by atoms with Crippen LogP contribution in [0.4, 0.5) is 0 Å². The smallest absolute Gasteiger partial charge is 0.250 e. The summed E-state index contributed by atoms with van der Waals surface area (Å²) in [6.07, 6.45) is 3.56. The molecule has 0 aromatic carbocycles. The molecule has 1 saturated heterocycles. The molecule has 2 bridgehead atoms. The van der Waals surface area contributed by atoms with Gasteiger partial charge in [0.1, 0.15) is 11.2 Å². The Hall–Kier alpha value is -1.86. The average Bonchev–Trinajstić information content (AvgIpc) is 3.03. The fourth-order valence-corrected chi connectivity index (χ4v) is 5.08. The summed E-state index contributed by atoms with van der Waals surface area (Å²) in [4.78, 5) is 12.2. The van der Waals surface area contributed by atoms with Gasteiger partial charge in [0.2, 0.25) is 10.0 Å². The van der Waals surface area contributed by atoms with Gasteiger partial charge < -0.3 is 8.98 Å². The number of fused-ring (bicyclic) bond motifs is 4. The van der Waals surface area contributed by atoms with Gasteiger partial charge in [-0.2, -0.15) is 4.31 Å². The molecule has 2 aliphatic heterocycles. The summed E-state index contributed by atoms with van der Waals surface area (Å²) in [5, 5.41) is 0. The number of piperidine rings is 1. The first-order chi connectivity index (χ1) is 10.6. The van der Waals surface area contributed by atoms with Crippen molar-refractivity contribution < 1.29 is 12.8 Å². The Balaban J connectivity index is 1.71. The summed E-state index contributed by atoms with van der Waals surface area (Å²) in [5.41, 5.74) is 0.939. The minimum atomic E-state index is -3.52. The van der Waals surface area contributed by atoms with Crippen LogP contribution >= 0.6 is 0 Å². The highest BCUT2D eigenvalue weighted by atomic mass is 32.2. The number of furan rings is 1. The average molecular weight is 320 g/mol. The predicted molar refractivity (Wildman–Crippen MR) is 79.0 cm³/mol. The Kier molecular flexibility index (Phi) is 3.02. The fourth-order valence-electron chi connectivity index (χ4n) is 3.60. The van der Waals surface area contributed by atoms with Gasteiger partial charge in [0.15, 0.2) is 0 Å². The molecule has 0 amide bonds. The van der Waals surface area contributed by atoms with Crippen LogP contribution in [0.5, 0.6) is 0 Å². The summed E-state index contributed by atoms with van der Waals surface area (Å²) in [7, 11) is -3.52. The van der Waals surface area contributed by atoms with Crippen molar-refractivity contribution in [3.63, 3.8) is 0 Å². The van der Waals surface area contributed by atoms with E-state index < -0.39 is 10.0 Å². The van der Waals surface area contributed by atoms with E-state index in [0.29, 0.717) is 19.6 Å². The number of rotatable bonds is 2. The predicted octanol–water partition coefficient (Wildman–Crippen LogP) is 1.25. The molecule has 0 radical (unpaired) electrons. The number of sulfonamides is 1. The van der Waals surface area contributed by atoms with Crippen molar-refractivity contribution in [1.82, 2.24) is 8.87 Å². The zero-order valence-electron chi connectivity index (χ0n) is 11.9. The van der Waals surface area contributed by atoms with Crippen molar-refractivity contribution in [3.8, 4) is 0 Å². The lowest BCUT2D eigenvalue weighted by molar-refractivity contribution is 0.186. The van der Waals surface area contributed by atoms with Crippen molar-refractivity contribution in [2.75, 3.05) is 13.1 Å². The highest BCUT2D eigenvalue weighted by Crippen LogP contribution is 2.37. The second-order valence-corrected chi connectivity index (χ2v) is 7.92. The van der Waals surface area contributed by atoms with Gasteiger partial charge in [-0.1, -0.05) is 6.07 Å². The summed E-state index contributed by atoms with van der Waals surface area (Å²) in [6.45, 7) is 1.45. The van der Waals surface area contributed by atoms with E-state index in [1.807, 2.05) is 6.07 Å². The third-order valence-electron chi connectivity index (χ3n) is 4.58. The Labute approximate surface area is 128 Å².